The number of carboxylic acid groups (broad SMARTS) is 1. The lowest BCUT2D eigenvalue weighted by Crippen LogP contribution is -2.34. The summed E-state index contributed by atoms with van der Waals surface area (Å²) in [5.41, 5.74) is 2.29. The maximum Gasteiger partial charge on any atom is 0.328 e. The first-order chi connectivity index (χ1) is 9.60. The molecule has 4 nitrogen and oxygen atoms in total. The van der Waals surface area contributed by atoms with E-state index in [1.54, 1.807) is 6.07 Å². The quantitative estimate of drug-likeness (QED) is 0.858. The zero-order valence-corrected chi connectivity index (χ0v) is 11.5. The van der Waals surface area contributed by atoms with E-state index < -0.39 is 5.97 Å². The van der Waals surface area contributed by atoms with Crippen LogP contribution in [0.25, 0.3) is 6.08 Å². The van der Waals surface area contributed by atoms with Crippen LogP contribution in [-0.2, 0) is 4.79 Å². The molecule has 1 fully saturated rings. The number of nitriles is 1. The molecular weight excluding hydrogens is 252 g/mol. The molecule has 1 unspecified atom stereocenters. The van der Waals surface area contributed by atoms with Crippen LogP contribution in [0.2, 0.25) is 0 Å². The fourth-order valence-corrected chi connectivity index (χ4v) is 2.60. The van der Waals surface area contributed by atoms with Gasteiger partial charge in [-0.25, -0.2) is 4.79 Å². The molecule has 20 heavy (non-hydrogen) atoms. The summed E-state index contributed by atoms with van der Waals surface area (Å²) < 4.78 is 0. The third-order valence-corrected chi connectivity index (χ3v) is 3.56. The molecule has 2 rings (SSSR count). The Bertz CT molecular complexity index is 572. The van der Waals surface area contributed by atoms with E-state index in [0.29, 0.717) is 11.5 Å². The summed E-state index contributed by atoms with van der Waals surface area (Å²) >= 11 is 0. The van der Waals surface area contributed by atoms with E-state index in [-0.39, 0.29) is 0 Å². The third kappa shape index (κ3) is 3.39. The van der Waals surface area contributed by atoms with E-state index in [4.69, 9.17) is 5.11 Å². The molecule has 1 N–H and O–H groups in total. The first-order valence-electron chi connectivity index (χ1n) is 6.80. The van der Waals surface area contributed by atoms with Crippen LogP contribution in [0.4, 0.5) is 5.69 Å². The molecule has 1 heterocycles. The summed E-state index contributed by atoms with van der Waals surface area (Å²) in [6.07, 6.45) is 4.97. The molecule has 1 aromatic rings. The number of anilines is 1. The van der Waals surface area contributed by atoms with Crippen molar-refractivity contribution in [3.63, 3.8) is 0 Å². The highest BCUT2D eigenvalue weighted by Gasteiger charge is 2.18. The normalized spacial score (nSPS) is 19.0. The van der Waals surface area contributed by atoms with Gasteiger partial charge in [0.05, 0.1) is 11.3 Å². The summed E-state index contributed by atoms with van der Waals surface area (Å²) in [5.74, 6) is -0.348. The number of rotatable bonds is 3. The molecule has 0 radical (unpaired) electrons. The number of hydrogen-bond donors (Lipinski definition) is 1. The second-order valence-corrected chi connectivity index (χ2v) is 5.25. The lowest BCUT2D eigenvalue weighted by molar-refractivity contribution is -0.131. The molecule has 0 aliphatic carbocycles. The molecule has 0 saturated carbocycles. The van der Waals surface area contributed by atoms with E-state index >= 15 is 0 Å². The molecule has 0 aromatic heterocycles. The van der Waals surface area contributed by atoms with Crippen LogP contribution in [-0.4, -0.2) is 24.2 Å². The Balaban J connectivity index is 2.26. The van der Waals surface area contributed by atoms with Gasteiger partial charge in [-0.2, -0.15) is 5.26 Å². The van der Waals surface area contributed by atoms with Crippen molar-refractivity contribution in [1.29, 1.82) is 5.26 Å². The second kappa shape index (κ2) is 6.25. The standard InChI is InChI=1S/C16H18N2O2/c1-12-3-2-8-18(11-12)15-6-4-13(5-7-16(19)20)9-14(15)10-17/h4-7,9,12H,2-3,8,11H2,1H3,(H,19,20)/b7-5+. The molecule has 4 heteroatoms. The average molecular weight is 270 g/mol. The van der Waals surface area contributed by atoms with Crippen molar-refractivity contribution in [2.75, 3.05) is 18.0 Å². The van der Waals surface area contributed by atoms with Gasteiger partial charge in [0.25, 0.3) is 0 Å². The minimum Gasteiger partial charge on any atom is -0.478 e. The van der Waals surface area contributed by atoms with Crippen LogP contribution in [0.5, 0.6) is 0 Å². The lowest BCUT2D eigenvalue weighted by atomic mass is 9.98. The Labute approximate surface area is 118 Å². The largest absolute Gasteiger partial charge is 0.478 e. The van der Waals surface area contributed by atoms with E-state index in [9.17, 15) is 10.1 Å². The second-order valence-electron chi connectivity index (χ2n) is 5.25. The molecule has 0 amide bonds. The zero-order chi connectivity index (χ0) is 14.5. The number of benzene rings is 1. The van der Waals surface area contributed by atoms with Crippen molar-refractivity contribution < 1.29 is 9.90 Å². The smallest absolute Gasteiger partial charge is 0.328 e. The molecule has 1 aliphatic heterocycles. The number of nitrogens with zero attached hydrogens (tertiary/aromatic N) is 2. The molecule has 104 valence electrons. The summed E-state index contributed by atoms with van der Waals surface area (Å²) in [7, 11) is 0. The van der Waals surface area contributed by atoms with Crippen molar-refractivity contribution in [2.45, 2.75) is 19.8 Å². The number of carbonyl (C=O) groups is 1. The van der Waals surface area contributed by atoms with Crippen molar-refractivity contribution in [3.05, 3.63) is 35.4 Å². The maximum absolute atomic E-state index is 10.5. The minimum absolute atomic E-state index is 0.603. The molecule has 0 bridgehead atoms. The van der Waals surface area contributed by atoms with Gasteiger partial charge in [0, 0.05) is 19.2 Å². The van der Waals surface area contributed by atoms with Crippen LogP contribution in [0.15, 0.2) is 24.3 Å². The number of aliphatic carboxylic acids is 1. The summed E-state index contributed by atoms with van der Waals surface area (Å²) in [6.45, 7) is 4.17. The van der Waals surface area contributed by atoms with E-state index in [2.05, 4.69) is 17.9 Å². The summed E-state index contributed by atoms with van der Waals surface area (Å²) in [4.78, 5) is 12.8. The van der Waals surface area contributed by atoms with Crippen molar-refractivity contribution >= 4 is 17.7 Å². The molecule has 1 saturated heterocycles. The van der Waals surface area contributed by atoms with Crippen molar-refractivity contribution in [1.82, 2.24) is 0 Å². The average Bonchev–Trinajstić information content (AvgIpc) is 2.44. The Morgan fingerprint density at radius 1 is 1.55 bits per heavy atom. The fraction of sp³-hybridized carbons (Fsp3) is 0.375. The topological polar surface area (TPSA) is 64.3 Å². The maximum atomic E-state index is 10.5. The molecule has 1 aliphatic rings. The predicted octanol–water partition coefficient (Wildman–Crippen LogP) is 2.89. The number of hydrogen-bond acceptors (Lipinski definition) is 3. The lowest BCUT2D eigenvalue weighted by Gasteiger charge is -2.33. The Kier molecular flexibility index (Phi) is 4.41. The third-order valence-electron chi connectivity index (χ3n) is 3.56. The van der Waals surface area contributed by atoms with Crippen LogP contribution >= 0.6 is 0 Å². The highest BCUT2D eigenvalue weighted by Crippen LogP contribution is 2.27. The Morgan fingerprint density at radius 2 is 2.35 bits per heavy atom. The first kappa shape index (κ1) is 14.1. The van der Waals surface area contributed by atoms with Gasteiger partial charge >= 0.3 is 5.97 Å². The predicted molar refractivity (Wildman–Crippen MR) is 78.4 cm³/mol. The van der Waals surface area contributed by atoms with Gasteiger partial charge in [0.1, 0.15) is 6.07 Å². The van der Waals surface area contributed by atoms with E-state index in [1.807, 2.05) is 12.1 Å². The van der Waals surface area contributed by atoms with Crippen LogP contribution in [0, 0.1) is 17.2 Å². The highest BCUT2D eigenvalue weighted by atomic mass is 16.4. The van der Waals surface area contributed by atoms with Crippen LogP contribution < -0.4 is 4.90 Å². The summed E-state index contributed by atoms with van der Waals surface area (Å²) in [5, 5.41) is 17.9. The van der Waals surface area contributed by atoms with Gasteiger partial charge in [-0.15, -0.1) is 0 Å². The molecular formula is C16H18N2O2. The van der Waals surface area contributed by atoms with Gasteiger partial charge in [-0.1, -0.05) is 13.0 Å². The minimum atomic E-state index is -0.988. The SMILES string of the molecule is CC1CCCN(c2ccc(/C=C/C(=O)O)cc2C#N)C1. The van der Waals surface area contributed by atoms with Gasteiger partial charge in [0.2, 0.25) is 0 Å². The summed E-state index contributed by atoms with van der Waals surface area (Å²) in [6, 6.07) is 7.73. The highest BCUT2D eigenvalue weighted by molar-refractivity contribution is 5.85. The molecule has 0 spiro atoms. The molecule has 1 aromatic carbocycles. The van der Waals surface area contributed by atoms with Crippen molar-refractivity contribution in [3.8, 4) is 6.07 Å². The van der Waals surface area contributed by atoms with E-state index in [0.717, 1.165) is 36.8 Å². The van der Waals surface area contributed by atoms with Gasteiger partial charge < -0.3 is 10.0 Å². The van der Waals surface area contributed by atoms with Crippen molar-refractivity contribution in [2.24, 2.45) is 5.92 Å². The zero-order valence-electron chi connectivity index (χ0n) is 11.5. The monoisotopic (exact) mass is 270 g/mol. The molecule has 1 atom stereocenters. The van der Waals surface area contributed by atoms with Gasteiger partial charge in [-0.3, -0.25) is 0 Å². The van der Waals surface area contributed by atoms with Crippen LogP contribution in [0.1, 0.15) is 30.9 Å². The van der Waals surface area contributed by atoms with E-state index in [1.165, 1.54) is 12.5 Å². The number of carboxylic acids is 1. The first-order valence-corrected chi connectivity index (χ1v) is 6.80. The van der Waals surface area contributed by atoms with Crippen LogP contribution in [0.3, 0.4) is 0 Å². The Morgan fingerprint density at radius 3 is 3.00 bits per heavy atom. The Hall–Kier alpha value is -2.28. The fourth-order valence-electron chi connectivity index (χ4n) is 2.60. The van der Waals surface area contributed by atoms with Gasteiger partial charge in [-0.05, 0) is 42.5 Å². The number of piperidine rings is 1. The van der Waals surface area contributed by atoms with Gasteiger partial charge in [0.15, 0.2) is 0 Å².